The van der Waals surface area contributed by atoms with Crippen LogP contribution in [0.15, 0.2) is 24.3 Å². The lowest BCUT2D eigenvalue weighted by Crippen LogP contribution is -2.21. The first kappa shape index (κ1) is 14.9. The van der Waals surface area contributed by atoms with Crippen molar-refractivity contribution >= 4 is 11.6 Å². The zero-order valence-electron chi connectivity index (χ0n) is 12.1. The van der Waals surface area contributed by atoms with E-state index in [1.54, 1.807) is 16.8 Å². The standard InChI is InChI=1S/C15H20ClN3O/c1-4-12(17)9-14-10(2)18-19(3)15(14)20-13-7-5-11(16)6-8-13/h5-8,12H,4,9,17H2,1-3H3. The molecule has 0 aliphatic carbocycles. The molecule has 0 saturated heterocycles. The minimum absolute atomic E-state index is 0.116. The molecule has 2 N–H and O–H groups in total. The predicted octanol–water partition coefficient (Wildman–Crippen LogP) is 3.45. The van der Waals surface area contributed by atoms with Gasteiger partial charge in [0, 0.05) is 23.7 Å². The molecule has 20 heavy (non-hydrogen) atoms. The van der Waals surface area contributed by atoms with E-state index < -0.39 is 0 Å². The van der Waals surface area contributed by atoms with Gasteiger partial charge in [-0.15, -0.1) is 0 Å². The van der Waals surface area contributed by atoms with E-state index in [4.69, 9.17) is 22.1 Å². The van der Waals surface area contributed by atoms with Gasteiger partial charge in [0.05, 0.1) is 5.69 Å². The number of halogens is 1. The molecule has 5 heteroatoms. The van der Waals surface area contributed by atoms with E-state index >= 15 is 0 Å². The third-order valence-electron chi connectivity index (χ3n) is 3.31. The highest BCUT2D eigenvalue weighted by Gasteiger charge is 2.17. The number of rotatable bonds is 5. The van der Waals surface area contributed by atoms with Crippen molar-refractivity contribution in [3.63, 3.8) is 0 Å². The Bertz CT molecular complexity index is 578. The van der Waals surface area contributed by atoms with Gasteiger partial charge in [0.2, 0.25) is 5.88 Å². The largest absolute Gasteiger partial charge is 0.439 e. The van der Waals surface area contributed by atoms with Crippen LogP contribution in [0, 0.1) is 6.92 Å². The molecule has 1 unspecified atom stereocenters. The molecule has 1 aromatic heterocycles. The topological polar surface area (TPSA) is 53.1 Å². The van der Waals surface area contributed by atoms with E-state index in [2.05, 4.69) is 12.0 Å². The van der Waals surface area contributed by atoms with Crippen LogP contribution in [-0.4, -0.2) is 15.8 Å². The van der Waals surface area contributed by atoms with Gasteiger partial charge in [-0.3, -0.25) is 0 Å². The first-order valence-electron chi connectivity index (χ1n) is 6.72. The van der Waals surface area contributed by atoms with Crippen LogP contribution in [0.1, 0.15) is 24.6 Å². The Hall–Kier alpha value is -1.52. The van der Waals surface area contributed by atoms with E-state index in [9.17, 15) is 0 Å². The lowest BCUT2D eigenvalue weighted by atomic mass is 10.1. The van der Waals surface area contributed by atoms with Crippen molar-refractivity contribution in [3.05, 3.63) is 40.5 Å². The third kappa shape index (κ3) is 3.32. The Kier molecular flexibility index (Phi) is 4.68. The summed E-state index contributed by atoms with van der Waals surface area (Å²) >= 11 is 5.88. The highest BCUT2D eigenvalue weighted by Crippen LogP contribution is 2.29. The van der Waals surface area contributed by atoms with E-state index in [-0.39, 0.29) is 6.04 Å². The Labute approximate surface area is 124 Å². The number of benzene rings is 1. The summed E-state index contributed by atoms with van der Waals surface area (Å²) in [6, 6.07) is 7.41. The number of aryl methyl sites for hydroxylation is 2. The summed E-state index contributed by atoms with van der Waals surface area (Å²) in [4.78, 5) is 0. The second kappa shape index (κ2) is 6.29. The highest BCUT2D eigenvalue weighted by molar-refractivity contribution is 6.30. The van der Waals surface area contributed by atoms with Crippen LogP contribution >= 0.6 is 11.6 Å². The fourth-order valence-electron chi connectivity index (χ4n) is 2.06. The van der Waals surface area contributed by atoms with Crippen LogP contribution in [0.25, 0.3) is 0 Å². The number of nitrogens with zero attached hydrogens (tertiary/aromatic N) is 2. The summed E-state index contributed by atoms with van der Waals surface area (Å²) in [6.07, 6.45) is 1.69. The smallest absolute Gasteiger partial charge is 0.221 e. The predicted molar refractivity (Wildman–Crippen MR) is 81.4 cm³/mol. The molecule has 0 saturated carbocycles. The van der Waals surface area contributed by atoms with Gasteiger partial charge in [0.25, 0.3) is 0 Å². The van der Waals surface area contributed by atoms with Crippen LogP contribution in [0.5, 0.6) is 11.6 Å². The van der Waals surface area contributed by atoms with Crippen molar-refractivity contribution in [1.82, 2.24) is 9.78 Å². The SMILES string of the molecule is CCC(N)Cc1c(C)nn(C)c1Oc1ccc(Cl)cc1. The van der Waals surface area contributed by atoms with Gasteiger partial charge in [-0.25, -0.2) is 4.68 Å². The van der Waals surface area contributed by atoms with Gasteiger partial charge < -0.3 is 10.5 Å². The normalized spacial score (nSPS) is 12.4. The van der Waals surface area contributed by atoms with E-state index in [0.717, 1.165) is 35.7 Å². The quantitative estimate of drug-likeness (QED) is 0.918. The molecule has 1 aromatic carbocycles. The Morgan fingerprint density at radius 3 is 2.60 bits per heavy atom. The summed E-state index contributed by atoms with van der Waals surface area (Å²) in [5.74, 6) is 1.48. The number of hydrogen-bond acceptors (Lipinski definition) is 3. The summed E-state index contributed by atoms with van der Waals surface area (Å²) < 4.78 is 7.70. The highest BCUT2D eigenvalue weighted by atomic mass is 35.5. The monoisotopic (exact) mass is 293 g/mol. The molecule has 1 heterocycles. The number of aromatic nitrogens is 2. The van der Waals surface area contributed by atoms with Crippen molar-refractivity contribution in [1.29, 1.82) is 0 Å². The zero-order chi connectivity index (χ0) is 14.7. The first-order chi connectivity index (χ1) is 9.51. The molecule has 4 nitrogen and oxygen atoms in total. The van der Waals surface area contributed by atoms with Gasteiger partial charge in [-0.2, -0.15) is 5.10 Å². The molecule has 108 valence electrons. The molecule has 0 radical (unpaired) electrons. The van der Waals surface area contributed by atoms with Crippen LogP contribution in [0.3, 0.4) is 0 Å². The maximum Gasteiger partial charge on any atom is 0.221 e. The Balaban J connectivity index is 2.28. The van der Waals surface area contributed by atoms with Gasteiger partial charge in [0.15, 0.2) is 0 Å². The van der Waals surface area contributed by atoms with Crippen LogP contribution < -0.4 is 10.5 Å². The number of hydrogen-bond donors (Lipinski definition) is 1. The molecule has 0 spiro atoms. The molecule has 0 bridgehead atoms. The maximum absolute atomic E-state index is 6.06. The Morgan fingerprint density at radius 2 is 2.00 bits per heavy atom. The molecular formula is C15H20ClN3O. The molecule has 0 fully saturated rings. The second-order valence-corrected chi connectivity index (χ2v) is 5.36. The van der Waals surface area contributed by atoms with Crippen molar-refractivity contribution in [2.75, 3.05) is 0 Å². The van der Waals surface area contributed by atoms with Crippen molar-refractivity contribution in [2.45, 2.75) is 32.7 Å². The fraction of sp³-hybridized carbons (Fsp3) is 0.400. The Morgan fingerprint density at radius 1 is 1.35 bits per heavy atom. The zero-order valence-corrected chi connectivity index (χ0v) is 12.8. The van der Waals surface area contributed by atoms with E-state index in [0.29, 0.717) is 5.02 Å². The lowest BCUT2D eigenvalue weighted by molar-refractivity contribution is 0.423. The van der Waals surface area contributed by atoms with Crippen molar-refractivity contribution in [3.8, 4) is 11.6 Å². The maximum atomic E-state index is 6.06. The summed E-state index contributed by atoms with van der Waals surface area (Å²) in [7, 11) is 1.87. The summed E-state index contributed by atoms with van der Waals surface area (Å²) in [5.41, 5.74) is 8.08. The minimum Gasteiger partial charge on any atom is -0.439 e. The third-order valence-corrected chi connectivity index (χ3v) is 3.56. The molecule has 2 aromatic rings. The average molecular weight is 294 g/mol. The van der Waals surface area contributed by atoms with Gasteiger partial charge in [-0.05, 0) is 44.0 Å². The molecule has 0 amide bonds. The van der Waals surface area contributed by atoms with Crippen molar-refractivity contribution in [2.24, 2.45) is 12.8 Å². The van der Waals surface area contributed by atoms with Crippen LogP contribution in [0.2, 0.25) is 5.02 Å². The van der Waals surface area contributed by atoms with Crippen LogP contribution in [-0.2, 0) is 13.5 Å². The molecule has 2 rings (SSSR count). The minimum atomic E-state index is 0.116. The number of nitrogens with two attached hydrogens (primary N) is 1. The molecule has 1 atom stereocenters. The fourth-order valence-corrected chi connectivity index (χ4v) is 2.19. The summed E-state index contributed by atoms with van der Waals surface area (Å²) in [5, 5.41) is 5.11. The molecule has 0 aliphatic heterocycles. The lowest BCUT2D eigenvalue weighted by Gasteiger charge is -2.12. The average Bonchev–Trinajstić information content (AvgIpc) is 2.68. The molecular weight excluding hydrogens is 274 g/mol. The van der Waals surface area contributed by atoms with Gasteiger partial charge in [-0.1, -0.05) is 18.5 Å². The van der Waals surface area contributed by atoms with Gasteiger partial charge in [0.1, 0.15) is 5.75 Å². The van der Waals surface area contributed by atoms with Crippen LogP contribution in [0.4, 0.5) is 0 Å². The van der Waals surface area contributed by atoms with E-state index in [1.165, 1.54) is 0 Å². The first-order valence-corrected chi connectivity index (χ1v) is 7.10. The second-order valence-electron chi connectivity index (χ2n) is 4.92. The molecule has 0 aliphatic rings. The number of ether oxygens (including phenoxy) is 1. The van der Waals surface area contributed by atoms with Crippen molar-refractivity contribution < 1.29 is 4.74 Å². The van der Waals surface area contributed by atoms with E-state index in [1.807, 2.05) is 26.1 Å². The van der Waals surface area contributed by atoms with Gasteiger partial charge >= 0.3 is 0 Å². The summed E-state index contributed by atoms with van der Waals surface area (Å²) in [6.45, 7) is 4.06.